The van der Waals surface area contributed by atoms with E-state index in [1.807, 2.05) is 0 Å². The van der Waals surface area contributed by atoms with Crippen LogP contribution >= 0.6 is 11.6 Å². The number of esters is 1. The number of halogens is 1. The van der Waals surface area contributed by atoms with Gasteiger partial charge in [-0.15, -0.1) is 0 Å². The van der Waals surface area contributed by atoms with Crippen LogP contribution in [0.15, 0.2) is 48.5 Å². The van der Waals surface area contributed by atoms with E-state index in [9.17, 15) is 9.59 Å². The number of benzene rings is 2. The molecule has 0 aliphatic carbocycles. The van der Waals surface area contributed by atoms with E-state index in [0.29, 0.717) is 41.0 Å². The highest BCUT2D eigenvalue weighted by atomic mass is 35.5. The maximum absolute atomic E-state index is 12.2. The second kappa shape index (κ2) is 8.60. The van der Waals surface area contributed by atoms with Gasteiger partial charge in [-0.3, -0.25) is 4.79 Å². The van der Waals surface area contributed by atoms with Crippen LogP contribution in [0, 0.1) is 0 Å². The minimum Gasteiger partial charge on any atom is -0.486 e. The standard InChI is InChI=1S/C20H18ClNO5/c1-13(27-19(23)9-6-14-4-2-3-5-16(14)21)20(24)22-15-7-8-17-18(12-15)26-11-10-25-17/h2-9,12-13H,10-11H2,1H3,(H,22,24)/b9-6+/t13-/m0/s1. The van der Waals surface area contributed by atoms with Gasteiger partial charge >= 0.3 is 5.97 Å². The van der Waals surface area contributed by atoms with Crippen LogP contribution in [0.25, 0.3) is 6.08 Å². The lowest BCUT2D eigenvalue weighted by Crippen LogP contribution is -2.29. The van der Waals surface area contributed by atoms with Gasteiger partial charge in [-0.05, 0) is 36.8 Å². The number of anilines is 1. The lowest BCUT2D eigenvalue weighted by Gasteiger charge is -2.19. The zero-order valence-electron chi connectivity index (χ0n) is 14.6. The summed E-state index contributed by atoms with van der Waals surface area (Å²) in [5.41, 5.74) is 1.21. The van der Waals surface area contributed by atoms with Gasteiger partial charge in [0.05, 0.1) is 0 Å². The van der Waals surface area contributed by atoms with Crippen molar-refractivity contribution in [1.82, 2.24) is 0 Å². The van der Waals surface area contributed by atoms with Crippen LogP contribution in [0.4, 0.5) is 5.69 Å². The molecule has 2 aromatic carbocycles. The summed E-state index contributed by atoms with van der Waals surface area (Å²) < 4.78 is 16.0. The Hall–Kier alpha value is -2.99. The number of hydrogen-bond donors (Lipinski definition) is 1. The van der Waals surface area contributed by atoms with Crippen molar-refractivity contribution in [2.24, 2.45) is 0 Å². The van der Waals surface area contributed by atoms with E-state index >= 15 is 0 Å². The first-order valence-corrected chi connectivity index (χ1v) is 8.74. The highest BCUT2D eigenvalue weighted by Gasteiger charge is 2.18. The molecule has 0 saturated carbocycles. The van der Waals surface area contributed by atoms with Crippen LogP contribution in [0.2, 0.25) is 5.02 Å². The summed E-state index contributed by atoms with van der Waals surface area (Å²) in [6, 6.07) is 12.2. The van der Waals surface area contributed by atoms with E-state index in [1.165, 1.54) is 19.1 Å². The molecule has 1 amide bonds. The highest BCUT2D eigenvalue weighted by molar-refractivity contribution is 6.32. The molecule has 1 atom stereocenters. The molecule has 1 aliphatic heterocycles. The van der Waals surface area contributed by atoms with Gasteiger partial charge in [0, 0.05) is 22.9 Å². The second-order valence-corrected chi connectivity index (χ2v) is 6.19. The molecule has 0 unspecified atom stereocenters. The number of ether oxygens (including phenoxy) is 3. The Bertz CT molecular complexity index is 880. The molecule has 1 aliphatic rings. The minimum absolute atomic E-state index is 0.453. The zero-order chi connectivity index (χ0) is 19.2. The van der Waals surface area contributed by atoms with Crippen molar-refractivity contribution in [2.75, 3.05) is 18.5 Å². The normalized spacial score (nSPS) is 13.9. The van der Waals surface area contributed by atoms with E-state index in [-0.39, 0.29) is 0 Å². The second-order valence-electron chi connectivity index (χ2n) is 5.78. The minimum atomic E-state index is -0.971. The van der Waals surface area contributed by atoms with Gasteiger partial charge in [-0.1, -0.05) is 29.8 Å². The van der Waals surface area contributed by atoms with E-state index in [1.54, 1.807) is 42.5 Å². The topological polar surface area (TPSA) is 73.9 Å². The summed E-state index contributed by atoms with van der Waals surface area (Å²) in [5, 5.41) is 3.20. The molecular weight excluding hydrogens is 370 g/mol. The highest BCUT2D eigenvalue weighted by Crippen LogP contribution is 2.32. The van der Waals surface area contributed by atoms with Gasteiger partial charge in [0.15, 0.2) is 17.6 Å². The van der Waals surface area contributed by atoms with Crippen LogP contribution in [-0.2, 0) is 14.3 Å². The average molecular weight is 388 g/mol. The van der Waals surface area contributed by atoms with E-state index < -0.39 is 18.0 Å². The maximum Gasteiger partial charge on any atom is 0.331 e. The summed E-state index contributed by atoms with van der Waals surface area (Å²) >= 11 is 6.02. The Morgan fingerprint density at radius 2 is 1.89 bits per heavy atom. The molecule has 1 N–H and O–H groups in total. The van der Waals surface area contributed by atoms with Crippen LogP contribution in [0.1, 0.15) is 12.5 Å². The number of rotatable bonds is 5. The molecule has 140 valence electrons. The summed E-state index contributed by atoms with van der Waals surface area (Å²) in [6.07, 6.45) is 1.80. The molecule has 1 heterocycles. The van der Waals surface area contributed by atoms with Gasteiger partial charge < -0.3 is 19.5 Å². The lowest BCUT2D eigenvalue weighted by molar-refractivity contribution is -0.148. The smallest absolute Gasteiger partial charge is 0.331 e. The van der Waals surface area contributed by atoms with Gasteiger partial charge in [-0.2, -0.15) is 0 Å². The van der Waals surface area contributed by atoms with Crippen LogP contribution in [0.3, 0.4) is 0 Å². The summed E-state index contributed by atoms with van der Waals surface area (Å²) in [7, 11) is 0. The van der Waals surface area contributed by atoms with Crippen molar-refractivity contribution >= 4 is 35.2 Å². The van der Waals surface area contributed by atoms with Crippen molar-refractivity contribution in [3.63, 3.8) is 0 Å². The van der Waals surface area contributed by atoms with Crippen molar-refractivity contribution in [3.05, 3.63) is 59.1 Å². The van der Waals surface area contributed by atoms with Crippen LogP contribution < -0.4 is 14.8 Å². The summed E-state index contributed by atoms with van der Waals surface area (Å²) in [6.45, 7) is 2.44. The Labute approximate surface area is 161 Å². The van der Waals surface area contributed by atoms with Gasteiger partial charge in [0.25, 0.3) is 5.91 Å². The zero-order valence-corrected chi connectivity index (χ0v) is 15.4. The van der Waals surface area contributed by atoms with E-state index in [2.05, 4.69) is 5.32 Å². The molecule has 6 nitrogen and oxygen atoms in total. The predicted octanol–water partition coefficient (Wildman–Crippen LogP) is 3.69. The number of carbonyl (C=O) groups is 2. The van der Waals surface area contributed by atoms with Gasteiger partial charge in [0.1, 0.15) is 13.2 Å². The third kappa shape index (κ3) is 5.01. The van der Waals surface area contributed by atoms with Crippen LogP contribution in [-0.4, -0.2) is 31.2 Å². The van der Waals surface area contributed by atoms with Crippen molar-refractivity contribution in [3.8, 4) is 11.5 Å². The molecule has 0 radical (unpaired) electrons. The molecule has 7 heteroatoms. The predicted molar refractivity (Wildman–Crippen MR) is 102 cm³/mol. The molecule has 2 aromatic rings. The molecular formula is C20H18ClNO5. The van der Waals surface area contributed by atoms with Crippen molar-refractivity contribution in [1.29, 1.82) is 0 Å². The number of nitrogens with one attached hydrogen (secondary N) is 1. The molecule has 0 spiro atoms. The van der Waals surface area contributed by atoms with Gasteiger partial charge in [-0.25, -0.2) is 4.79 Å². The molecule has 3 rings (SSSR count). The molecule has 27 heavy (non-hydrogen) atoms. The van der Waals surface area contributed by atoms with E-state index in [0.717, 1.165) is 0 Å². The fourth-order valence-electron chi connectivity index (χ4n) is 2.40. The lowest BCUT2D eigenvalue weighted by atomic mass is 10.2. The van der Waals surface area contributed by atoms with Crippen molar-refractivity contribution in [2.45, 2.75) is 13.0 Å². The largest absolute Gasteiger partial charge is 0.486 e. The Morgan fingerprint density at radius 1 is 1.15 bits per heavy atom. The Balaban J connectivity index is 1.56. The average Bonchev–Trinajstić information content (AvgIpc) is 2.67. The Morgan fingerprint density at radius 3 is 2.67 bits per heavy atom. The number of amides is 1. The summed E-state index contributed by atoms with van der Waals surface area (Å²) in [4.78, 5) is 24.2. The number of fused-ring (bicyclic) bond motifs is 1. The molecule has 0 saturated heterocycles. The summed E-state index contributed by atoms with van der Waals surface area (Å²) in [5.74, 6) is 0.0979. The first kappa shape index (κ1) is 18.8. The molecule has 0 bridgehead atoms. The number of carbonyl (C=O) groups excluding carboxylic acids is 2. The van der Waals surface area contributed by atoms with E-state index in [4.69, 9.17) is 25.8 Å². The third-order valence-electron chi connectivity index (χ3n) is 3.78. The first-order valence-electron chi connectivity index (χ1n) is 8.36. The first-order chi connectivity index (χ1) is 13.0. The maximum atomic E-state index is 12.2. The van der Waals surface area contributed by atoms with Gasteiger partial charge in [0.2, 0.25) is 0 Å². The fraction of sp³-hybridized carbons (Fsp3) is 0.200. The van der Waals surface area contributed by atoms with Crippen molar-refractivity contribution < 1.29 is 23.8 Å². The monoisotopic (exact) mass is 387 g/mol. The third-order valence-corrected chi connectivity index (χ3v) is 4.12. The molecule has 0 aromatic heterocycles. The fourth-order valence-corrected chi connectivity index (χ4v) is 2.60. The van der Waals surface area contributed by atoms with Crippen LogP contribution in [0.5, 0.6) is 11.5 Å². The SMILES string of the molecule is C[C@H](OC(=O)/C=C/c1ccccc1Cl)C(=O)Nc1ccc2c(c1)OCCO2. The quantitative estimate of drug-likeness (QED) is 0.625. The number of hydrogen-bond acceptors (Lipinski definition) is 5. The Kier molecular flexibility index (Phi) is 5.98. The molecule has 0 fully saturated rings.